The number of thioether (sulfide) groups is 1. The van der Waals surface area contributed by atoms with Crippen molar-refractivity contribution in [1.82, 2.24) is 5.32 Å². The molecule has 1 aliphatic rings. The molecule has 1 N–H and O–H groups in total. The molecule has 13 heavy (non-hydrogen) atoms. The standard InChI is InChI=1S/C10H15NS2/c1-8-5-10(6-11-8)13-7-9-3-2-4-12-9/h2-4,8,10-11H,5-7H2,1H3. The third kappa shape index (κ3) is 2.73. The maximum atomic E-state index is 3.48. The number of rotatable bonds is 3. The van der Waals surface area contributed by atoms with Gasteiger partial charge in [0.2, 0.25) is 0 Å². The second-order valence-electron chi connectivity index (χ2n) is 3.56. The monoisotopic (exact) mass is 213 g/mol. The summed E-state index contributed by atoms with van der Waals surface area (Å²) < 4.78 is 0. The van der Waals surface area contributed by atoms with Crippen molar-refractivity contribution in [2.75, 3.05) is 6.54 Å². The maximum absolute atomic E-state index is 3.48. The molecule has 1 aromatic heterocycles. The molecule has 2 rings (SSSR count). The zero-order valence-corrected chi connectivity index (χ0v) is 9.46. The Morgan fingerprint density at radius 2 is 2.62 bits per heavy atom. The van der Waals surface area contributed by atoms with Crippen LogP contribution in [0.15, 0.2) is 17.5 Å². The molecule has 2 heterocycles. The second-order valence-corrected chi connectivity index (χ2v) is 5.88. The molecular formula is C10H15NS2. The van der Waals surface area contributed by atoms with E-state index >= 15 is 0 Å². The van der Waals surface area contributed by atoms with Gasteiger partial charge in [-0.15, -0.1) is 11.3 Å². The summed E-state index contributed by atoms with van der Waals surface area (Å²) in [7, 11) is 0. The molecule has 2 unspecified atom stereocenters. The Morgan fingerprint density at radius 3 is 3.23 bits per heavy atom. The molecule has 0 radical (unpaired) electrons. The van der Waals surface area contributed by atoms with Gasteiger partial charge < -0.3 is 5.32 Å². The highest BCUT2D eigenvalue weighted by Crippen LogP contribution is 2.26. The van der Waals surface area contributed by atoms with Crippen LogP contribution in [0.3, 0.4) is 0 Å². The molecule has 0 bridgehead atoms. The molecule has 1 saturated heterocycles. The topological polar surface area (TPSA) is 12.0 Å². The first-order chi connectivity index (χ1) is 6.34. The third-order valence-electron chi connectivity index (χ3n) is 2.35. The Bertz CT molecular complexity index is 245. The number of hydrogen-bond donors (Lipinski definition) is 1. The summed E-state index contributed by atoms with van der Waals surface area (Å²) in [6.07, 6.45) is 1.33. The van der Waals surface area contributed by atoms with Crippen molar-refractivity contribution in [3.05, 3.63) is 22.4 Å². The lowest BCUT2D eigenvalue weighted by atomic mass is 10.2. The lowest BCUT2D eigenvalue weighted by Gasteiger charge is -2.06. The molecule has 0 aromatic carbocycles. The van der Waals surface area contributed by atoms with E-state index in [0.717, 1.165) is 11.3 Å². The summed E-state index contributed by atoms with van der Waals surface area (Å²) in [5.74, 6) is 1.19. The summed E-state index contributed by atoms with van der Waals surface area (Å²) in [4.78, 5) is 1.50. The highest BCUT2D eigenvalue weighted by Gasteiger charge is 2.20. The predicted molar refractivity (Wildman–Crippen MR) is 61.5 cm³/mol. The van der Waals surface area contributed by atoms with Crippen LogP contribution in [0, 0.1) is 0 Å². The Labute approximate surface area is 87.9 Å². The van der Waals surface area contributed by atoms with Crippen molar-refractivity contribution in [2.24, 2.45) is 0 Å². The quantitative estimate of drug-likeness (QED) is 0.828. The molecule has 1 nitrogen and oxygen atoms in total. The second kappa shape index (κ2) is 4.49. The molecular weight excluding hydrogens is 198 g/mol. The van der Waals surface area contributed by atoms with E-state index < -0.39 is 0 Å². The number of nitrogens with one attached hydrogen (secondary N) is 1. The van der Waals surface area contributed by atoms with Crippen LogP contribution in [0.2, 0.25) is 0 Å². The number of thiophene rings is 1. The van der Waals surface area contributed by atoms with Gasteiger partial charge in [-0.3, -0.25) is 0 Å². The minimum absolute atomic E-state index is 0.723. The average molecular weight is 213 g/mol. The fraction of sp³-hybridized carbons (Fsp3) is 0.600. The largest absolute Gasteiger partial charge is 0.313 e. The van der Waals surface area contributed by atoms with Crippen LogP contribution in [0.25, 0.3) is 0 Å². The lowest BCUT2D eigenvalue weighted by molar-refractivity contribution is 0.665. The Balaban J connectivity index is 1.74. The first-order valence-corrected chi connectivity index (χ1v) is 6.65. The maximum Gasteiger partial charge on any atom is 0.0282 e. The van der Waals surface area contributed by atoms with Gasteiger partial charge in [-0.2, -0.15) is 11.8 Å². The van der Waals surface area contributed by atoms with Gasteiger partial charge in [-0.1, -0.05) is 6.07 Å². The lowest BCUT2D eigenvalue weighted by Crippen LogP contribution is -2.17. The highest BCUT2D eigenvalue weighted by atomic mass is 32.2. The van der Waals surface area contributed by atoms with E-state index in [1.165, 1.54) is 23.6 Å². The van der Waals surface area contributed by atoms with Gasteiger partial charge in [-0.25, -0.2) is 0 Å². The summed E-state index contributed by atoms with van der Waals surface area (Å²) in [6.45, 7) is 3.46. The normalized spacial score (nSPS) is 28.1. The minimum Gasteiger partial charge on any atom is -0.313 e. The molecule has 1 aromatic rings. The van der Waals surface area contributed by atoms with Gasteiger partial charge in [0.15, 0.2) is 0 Å². The van der Waals surface area contributed by atoms with Crippen LogP contribution in [0.1, 0.15) is 18.2 Å². The molecule has 0 amide bonds. The van der Waals surface area contributed by atoms with Crippen LogP contribution < -0.4 is 5.32 Å². The van der Waals surface area contributed by atoms with E-state index in [4.69, 9.17) is 0 Å². The summed E-state index contributed by atoms with van der Waals surface area (Å²) in [5.41, 5.74) is 0. The van der Waals surface area contributed by atoms with Gasteiger partial charge in [0.1, 0.15) is 0 Å². The van der Waals surface area contributed by atoms with Crippen LogP contribution in [-0.2, 0) is 5.75 Å². The van der Waals surface area contributed by atoms with Gasteiger partial charge in [0, 0.05) is 28.5 Å². The molecule has 0 spiro atoms. The van der Waals surface area contributed by atoms with Gasteiger partial charge in [0.25, 0.3) is 0 Å². The zero-order chi connectivity index (χ0) is 9.10. The Hall–Kier alpha value is 0.01000. The van der Waals surface area contributed by atoms with Crippen molar-refractivity contribution in [2.45, 2.75) is 30.4 Å². The van der Waals surface area contributed by atoms with Crippen molar-refractivity contribution < 1.29 is 0 Å². The molecule has 1 fully saturated rings. The van der Waals surface area contributed by atoms with Crippen LogP contribution in [0.5, 0.6) is 0 Å². The first kappa shape index (κ1) is 9.56. The molecule has 0 saturated carbocycles. The first-order valence-electron chi connectivity index (χ1n) is 4.72. The van der Waals surface area contributed by atoms with E-state index in [0.29, 0.717) is 0 Å². The van der Waals surface area contributed by atoms with E-state index in [1.807, 2.05) is 11.3 Å². The Kier molecular flexibility index (Phi) is 3.30. The molecule has 0 aliphatic carbocycles. The van der Waals surface area contributed by atoms with Crippen LogP contribution in [0.4, 0.5) is 0 Å². The molecule has 3 heteroatoms. The van der Waals surface area contributed by atoms with Crippen LogP contribution >= 0.6 is 23.1 Å². The predicted octanol–water partition coefficient (Wildman–Crippen LogP) is 2.73. The van der Waals surface area contributed by atoms with Crippen molar-refractivity contribution in [1.29, 1.82) is 0 Å². The molecule has 1 aliphatic heterocycles. The van der Waals surface area contributed by atoms with Gasteiger partial charge in [0.05, 0.1) is 0 Å². The minimum atomic E-state index is 0.723. The van der Waals surface area contributed by atoms with Crippen molar-refractivity contribution >= 4 is 23.1 Å². The Morgan fingerprint density at radius 1 is 1.69 bits per heavy atom. The van der Waals surface area contributed by atoms with Gasteiger partial charge >= 0.3 is 0 Å². The summed E-state index contributed by atoms with van der Waals surface area (Å²) in [6, 6.07) is 5.08. The van der Waals surface area contributed by atoms with E-state index in [-0.39, 0.29) is 0 Å². The molecule has 2 atom stereocenters. The fourth-order valence-corrected chi connectivity index (χ4v) is 3.72. The highest BCUT2D eigenvalue weighted by molar-refractivity contribution is 7.99. The molecule has 72 valence electrons. The van der Waals surface area contributed by atoms with E-state index in [9.17, 15) is 0 Å². The fourth-order valence-electron chi connectivity index (χ4n) is 1.62. The van der Waals surface area contributed by atoms with E-state index in [2.05, 4.69) is 41.5 Å². The SMILES string of the molecule is CC1CC(SCc2cccs2)CN1. The summed E-state index contributed by atoms with van der Waals surface area (Å²) >= 11 is 3.96. The third-order valence-corrected chi connectivity index (χ3v) is 4.72. The van der Waals surface area contributed by atoms with Crippen molar-refractivity contribution in [3.8, 4) is 0 Å². The van der Waals surface area contributed by atoms with Crippen LogP contribution in [-0.4, -0.2) is 17.8 Å². The van der Waals surface area contributed by atoms with E-state index in [1.54, 1.807) is 0 Å². The smallest absolute Gasteiger partial charge is 0.0282 e. The van der Waals surface area contributed by atoms with Gasteiger partial charge in [-0.05, 0) is 24.8 Å². The van der Waals surface area contributed by atoms with Crippen molar-refractivity contribution in [3.63, 3.8) is 0 Å². The number of hydrogen-bond acceptors (Lipinski definition) is 3. The average Bonchev–Trinajstić information content (AvgIpc) is 2.71. The summed E-state index contributed by atoms with van der Waals surface area (Å²) in [5, 5.41) is 6.47. The zero-order valence-electron chi connectivity index (χ0n) is 7.82.